The molecule has 0 aromatic carbocycles. The molecule has 1 aromatic rings. The number of carbonyl (C=O) groups is 1. The quantitative estimate of drug-likeness (QED) is 0.849. The van der Waals surface area contributed by atoms with Gasteiger partial charge in [-0.15, -0.1) is 0 Å². The van der Waals surface area contributed by atoms with Gasteiger partial charge >= 0.3 is 10.9 Å². The number of halogens is 1. The summed E-state index contributed by atoms with van der Waals surface area (Å²) in [5.74, 6) is 0.0609. The van der Waals surface area contributed by atoms with Crippen molar-refractivity contribution in [3.8, 4) is 5.75 Å². The van der Waals surface area contributed by atoms with E-state index in [9.17, 15) is 9.59 Å². The van der Waals surface area contributed by atoms with Crippen LogP contribution in [0.2, 0.25) is 5.22 Å². The number of fused-ring (bicyclic) bond motifs is 1. The lowest BCUT2D eigenvalue weighted by Crippen LogP contribution is -2.56. The average Bonchev–Trinajstić information content (AvgIpc) is 2.27. The van der Waals surface area contributed by atoms with Crippen molar-refractivity contribution in [2.75, 3.05) is 12.9 Å². The Balaban J connectivity index is 2.51. The molecule has 1 N–H and O–H groups in total. The SMILES string of the molecule is CCSC1(OC)NC(=O)c2c(cc(Cl)oc2=O)O1. The van der Waals surface area contributed by atoms with Crippen LogP contribution in [0.1, 0.15) is 17.3 Å². The van der Waals surface area contributed by atoms with E-state index in [0.717, 1.165) is 0 Å². The van der Waals surface area contributed by atoms with Crippen LogP contribution in [0.15, 0.2) is 15.3 Å². The summed E-state index contributed by atoms with van der Waals surface area (Å²) >= 11 is 6.84. The van der Waals surface area contributed by atoms with Crippen LogP contribution in [0.25, 0.3) is 0 Å². The fraction of sp³-hybridized carbons (Fsp3) is 0.400. The summed E-state index contributed by atoms with van der Waals surface area (Å²) in [4.78, 5) is 23.4. The van der Waals surface area contributed by atoms with Gasteiger partial charge in [0.1, 0.15) is 0 Å². The Kier molecular flexibility index (Phi) is 3.56. The van der Waals surface area contributed by atoms with E-state index < -0.39 is 16.8 Å². The van der Waals surface area contributed by atoms with E-state index in [1.807, 2.05) is 6.92 Å². The van der Waals surface area contributed by atoms with Crippen LogP contribution in [0.3, 0.4) is 0 Å². The number of rotatable bonds is 3. The largest absolute Gasteiger partial charge is 0.435 e. The van der Waals surface area contributed by atoms with Gasteiger partial charge in [-0.2, -0.15) is 0 Å². The predicted molar refractivity (Wildman–Crippen MR) is 66.0 cm³/mol. The van der Waals surface area contributed by atoms with Crippen molar-refractivity contribution in [3.63, 3.8) is 0 Å². The highest BCUT2D eigenvalue weighted by atomic mass is 35.5. The van der Waals surface area contributed by atoms with Crippen LogP contribution >= 0.6 is 23.4 Å². The Bertz CT molecular complexity index is 546. The summed E-state index contributed by atoms with van der Waals surface area (Å²) in [6.45, 7) is 1.88. The van der Waals surface area contributed by atoms with Crippen molar-refractivity contribution >= 4 is 29.3 Å². The van der Waals surface area contributed by atoms with Crippen molar-refractivity contribution < 1.29 is 18.7 Å². The monoisotopic (exact) mass is 291 g/mol. The van der Waals surface area contributed by atoms with Gasteiger partial charge in [0.25, 0.3) is 5.91 Å². The minimum absolute atomic E-state index is 0.0443. The zero-order valence-electron chi connectivity index (χ0n) is 9.61. The first-order valence-corrected chi connectivity index (χ1v) is 6.42. The maximum absolute atomic E-state index is 11.9. The van der Waals surface area contributed by atoms with Crippen molar-refractivity contribution in [2.24, 2.45) is 0 Å². The summed E-state index contributed by atoms with van der Waals surface area (Å²) in [6, 6.07) is 1.26. The number of ether oxygens (including phenoxy) is 2. The van der Waals surface area contributed by atoms with Crippen molar-refractivity contribution in [2.45, 2.75) is 12.2 Å². The van der Waals surface area contributed by atoms with Gasteiger partial charge < -0.3 is 13.9 Å². The molecule has 0 bridgehead atoms. The first-order valence-electron chi connectivity index (χ1n) is 5.05. The number of nitrogens with one attached hydrogen (secondary N) is 1. The molecule has 1 aliphatic heterocycles. The Morgan fingerprint density at radius 3 is 2.89 bits per heavy atom. The van der Waals surface area contributed by atoms with E-state index in [0.29, 0.717) is 5.75 Å². The molecule has 0 saturated heterocycles. The average molecular weight is 292 g/mol. The maximum Gasteiger partial charge on any atom is 0.353 e. The molecular formula is C10H10ClNO5S. The number of carbonyl (C=O) groups excluding carboxylic acids is 1. The van der Waals surface area contributed by atoms with Gasteiger partial charge in [0.15, 0.2) is 11.3 Å². The highest BCUT2D eigenvalue weighted by molar-refractivity contribution is 8.00. The lowest BCUT2D eigenvalue weighted by molar-refractivity contribution is -0.108. The predicted octanol–water partition coefficient (Wildman–Crippen LogP) is 1.43. The molecule has 6 nitrogen and oxygen atoms in total. The Labute approximate surface area is 112 Å². The maximum atomic E-state index is 11.9. The van der Waals surface area contributed by atoms with Gasteiger partial charge in [-0.1, -0.05) is 18.7 Å². The molecule has 0 spiro atoms. The lowest BCUT2D eigenvalue weighted by Gasteiger charge is -2.35. The molecule has 98 valence electrons. The van der Waals surface area contributed by atoms with Gasteiger partial charge in [-0.3, -0.25) is 10.1 Å². The minimum Gasteiger partial charge on any atom is -0.435 e. The summed E-state index contributed by atoms with van der Waals surface area (Å²) in [6.07, 6.45) is 0. The van der Waals surface area contributed by atoms with Gasteiger partial charge in [-0.25, -0.2) is 4.79 Å². The van der Waals surface area contributed by atoms with Gasteiger partial charge in [-0.05, 0) is 17.4 Å². The molecule has 1 atom stereocenters. The second-order valence-electron chi connectivity index (χ2n) is 3.33. The van der Waals surface area contributed by atoms with Crippen LogP contribution in [0, 0.1) is 0 Å². The number of methoxy groups -OCH3 is 1. The van der Waals surface area contributed by atoms with E-state index in [-0.39, 0.29) is 16.5 Å². The normalized spacial score (nSPS) is 22.1. The number of hydrogen-bond acceptors (Lipinski definition) is 6. The van der Waals surface area contributed by atoms with Crippen molar-refractivity contribution in [1.29, 1.82) is 0 Å². The zero-order chi connectivity index (χ0) is 13.3. The number of hydrogen-bond donors (Lipinski definition) is 1. The Morgan fingerprint density at radius 1 is 1.56 bits per heavy atom. The number of amides is 1. The lowest BCUT2D eigenvalue weighted by atomic mass is 10.2. The Morgan fingerprint density at radius 2 is 2.28 bits per heavy atom. The molecule has 1 amide bonds. The smallest absolute Gasteiger partial charge is 0.353 e. The topological polar surface area (TPSA) is 77.8 Å². The third kappa shape index (κ3) is 2.21. The summed E-state index contributed by atoms with van der Waals surface area (Å²) in [5, 5.41) is 0.969. The van der Waals surface area contributed by atoms with Gasteiger partial charge in [0, 0.05) is 13.2 Å². The highest BCUT2D eigenvalue weighted by Crippen LogP contribution is 2.34. The second kappa shape index (κ2) is 4.83. The van der Waals surface area contributed by atoms with E-state index in [2.05, 4.69) is 9.73 Å². The van der Waals surface area contributed by atoms with Gasteiger partial charge in [0.2, 0.25) is 5.22 Å². The van der Waals surface area contributed by atoms with Crippen LogP contribution in [-0.4, -0.2) is 24.0 Å². The zero-order valence-corrected chi connectivity index (χ0v) is 11.2. The highest BCUT2D eigenvalue weighted by Gasteiger charge is 2.42. The third-order valence-corrected chi connectivity index (χ3v) is 3.43. The van der Waals surface area contributed by atoms with Crippen molar-refractivity contribution in [3.05, 3.63) is 27.3 Å². The third-order valence-electron chi connectivity index (χ3n) is 2.23. The molecule has 2 heterocycles. The van der Waals surface area contributed by atoms with E-state index >= 15 is 0 Å². The molecule has 1 aliphatic rings. The first kappa shape index (κ1) is 13.3. The van der Waals surface area contributed by atoms with Crippen LogP contribution in [-0.2, 0) is 4.74 Å². The number of thioether (sulfide) groups is 1. The van der Waals surface area contributed by atoms with Crippen molar-refractivity contribution in [1.82, 2.24) is 5.32 Å². The summed E-state index contributed by atoms with van der Waals surface area (Å²) in [5.41, 5.74) is -1.06. The molecule has 0 saturated carbocycles. The molecular weight excluding hydrogens is 282 g/mol. The molecule has 1 unspecified atom stereocenters. The molecule has 18 heavy (non-hydrogen) atoms. The summed E-state index contributed by atoms with van der Waals surface area (Å²) in [7, 11) is 1.39. The molecule has 2 rings (SSSR count). The first-order chi connectivity index (χ1) is 8.51. The molecule has 0 aliphatic carbocycles. The molecule has 8 heteroatoms. The minimum atomic E-state index is -1.35. The molecule has 1 aromatic heterocycles. The fourth-order valence-electron chi connectivity index (χ4n) is 1.51. The van der Waals surface area contributed by atoms with E-state index in [1.54, 1.807) is 0 Å². The fourth-order valence-corrected chi connectivity index (χ4v) is 2.49. The van der Waals surface area contributed by atoms with E-state index in [4.69, 9.17) is 21.1 Å². The van der Waals surface area contributed by atoms with Crippen LogP contribution in [0.4, 0.5) is 0 Å². The van der Waals surface area contributed by atoms with Gasteiger partial charge in [0.05, 0.1) is 0 Å². The Hall–Kier alpha value is -1.18. The second-order valence-corrected chi connectivity index (χ2v) is 5.10. The van der Waals surface area contributed by atoms with Crippen LogP contribution < -0.4 is 15.7 Å². The molecule has 0 fully saturated rings. The van der Waals surface area contributed by atoms with E-state index in [1.165, 1.54) is 24.9 Å². The standard InChI is InChI=1S/C10H10ClNO5S/c1-3-18-10(15-2)12-8(13)7-5(17-10)4-6(11)16-9(7)14/h4H,3H2,1-2H3,(H,12,13). The molecule has 0 radical (unpaired) electrons. The van der Waals surface area contributed by atoms with Crippen LogP contribution in [0.5, 0.6) is 5.75 Å². The summed E-state index contributed by atoms with van der Waals surface area (Å²) < 4.78 is 15.3.